The molecule has 1 heterocycles. The molecule has 1 unspecified atom stereocenters. The summed E-state index contributed by atoms with van der Waals surface area (Å²) in [5, 5.41) is 6.72. The van der Waals surface area contributed by atoms with Crippen LogP contribution in [-0.4, -0.2) is 38.6 Å². The highest BCUT2D eigenvalue weighted by Crippen LogP contribution is 2.15. The molecule has 2 rings (SSSR count). The third-order valence-electron chi connectivity index (χ3n) is 4.10. The van der Waals surface area contributed by atoms with Crippen LogP contribution in [0.15, 0.2) is 47.5 Å². The van der Waals surface area contributed by atoms with Crippen molar-refractivity contribution in [1.29, 1.82) is 0 Å². The SMILES string of the molecule is CN=C(NCc1cccc(N(C)C)n1)NCC(C)c1cccc(C)c1. The first-order chi connectivity index (χ1) is 12.0. The van der Waals surface area contributed by atoms with E-state index in [9.17, 15) is 0 Å². The van der Waals surface area contributed by atoms with Crippen LogP contribution in [0.2, 0.25) is 0 Å². The third kappa shape index (κ3) is 5.78. The molecule has 2 N–H and O–H groups in total. The quantitative estimate of drug-likeness (QED) is 0.628. The molecule has 0 radical (unpaired) electrons. The van der Waals surface area contributed by atoms with Gasteiger partial charge >= 0.3 is 0 Å². The molecule has 134 valence electrons. The summed E-state index contributed by atoms with van der Waals surface area (Å²) in [7, 11) is 5.77. The number of aromatic nitrogens is 1. The molecular weight excluding hydrogens is 310 g/mol. The highest BCUT2D eigenvalue weighted by atomic mass is 15.2. The lowest BCUT2D eigenvalue weighted by molar-refractivity contribution is 0.696. The van der Waals surface area contributed by atoms with Crippen LogP contribution in [0, 0.1) is 6.92 Å². The van der Waals surface area contributed by atoms with E-state index in [0.29, 0.717) is 12.5 Å². The summed E-state index contributed by atoms with van der Waals surface area (Å²) in [6.07, 6.45) is 0. The number of hydrogen-bond donors (Lipinski definition) is 2. The van der Waals surface area contributed by atoms with Crippen molar-refractivity contribution in [2.45, 2.75) is 26.3 Å². The summed E-state index contributed by atoms with van der Waals surface area (Å²) in [4.78, 5) is 10.9. The summed E-state index contributed by atoms with van der Waals surface area (Å²) in [5.74, 6) is 2.15. The Morgan fingerprint density at radius 1 is 1.16 bits per heavy atom. The minimum atomic E-state index is 0.411. The minimum Gasteiger partial charge on any atom is -0.363 e. The Bertz CT molecular complexity index is 709. The zero-order chi connectivity index (χ0) is 18.2. The average molecular weight is 339 g/mol. The van der Waals surface area contributed by atoms with Crippen LogP contribution in [0.4, 0.5) is 5.82 Å². The Balaban J connectivity index is 1.87. The second-order valence-corrected chi connectivity index (χ2v) is 6.50. The van der Waals surface area contributed by atoms with E-state index < -0.39 is 0 Å². The van der Waals surface area contributed by atoms with Crippen molar-refractivity contribution in [2.75, 3.05) is 32.6 Å². The maximum Gasteiger partial charge on any atom is 0.191 e. The number of nitrogens with zero attached hydrogens (tertiary/aromatic N) is 3. The van der Waals surface area contributed by atoms with E-state index in [1.165, 1.54) is 11.1 Å². The topological polar surface area (TPSA) is 52.6 Å². The fraction of sp³-hybridized carbons (Fsp3) is 0.400. The summed E-state index contributed by atoms with van der Waals surface area (Å²) in [6, 6.07) is 14.7. The molecule has 0 amide bonds. The van der Waals surface area contributed by atoms with Crippen LogP contribution in [0.25, 0.3) is 0 Å². The third-order valence-corrected chi connectivity index (χ3v) is 4.10. The first kappa shape index (κ1) is 18.8. The lowest BCUT2D eigenvalue weighted by Crippen LogP contribution is -2.38. The monoisotopic (exact) mass is 339 g/mol. The fourth-order valence-corrected chi connectivity index (χ4v) is 2.55. The van der Waals surface area contributed by atoms with E-state index in [1.807, 2.05) is 37.2 Å². The molecule has 0 fully saturated rings. The number of benzene rings is 1. The van der Waals surface area contributed by atoms with Gasteiger partial charge in [0.15, 0.2) is 5.96 Å². The smallest absolute Gasteiger partial charge is 0.191 e. The number of hydrogen-bond acceptors (Lipinski definition) is 3. The van der Waals surface area contributed by atoms with Gasteiger partial charge in [-0.2, -0.15) is 0 Å². The molecule has 0 aliphatic carbocycles. The highest BCUT2D eigenvalue weighted by molar-refractivity contribution is 5.79. The van der Waals surface area contributed by atoms with Gasteiger partial charge in [-0.15, -0.1) is 0 Å². The van der Waals surface area contributed by atoms with Crippen LogP contribution in [-0.2, 0) is 6.54 Å². The number of nitrogens with one attached hydrogen (secondary N) is 2. The van der Waals surface area contributed by atoms with E-state index in [-0.39, 0.29) is 0 Å². The minimum absolute atomic E-state index is 0.411. The van der Waals surface area contributed by atoms with Crippen molar-refractivity contribution in [3.63, 3.8) is 0 Å². The summed E-state index contributed by atoms with van der Waals surface area (Å²) < 4.78 is 0. The fourth-order valence-electron chi connectivity index (χ4n) is 2.55. The van der Waals surface area contributed by atoms with Crippen LogP contribution in [0.1, 0.15) is 29.7 Å². The number of anilines is 1. The van der Waals surface area contributed by atoms with Crippen molar-refractivity contribution in [3.8, 4) is 0 Å². The molecule has 0 aliphatic rings. The summed E-state index contributed by atoms with van der Waals surface area (Å²) in [6.45, 7) is 5.81. The molecule has 0 bridgehead atoms. The van der Waals surface area contributed by atoms with Crippen LogP contribution < -0.4 is 15.5 Å². The standard InChI is InChI=1S/C20H29N5/c1-15-8-6-9-17(12-15)16(2)13-22-20(21-3)23-14-18-10-7-11-19(24-18)25(4)5/h6-12,16H,13-14H2,1-5H3,(H2,21,22,23). The van der Waals surface area contributed by atoms with Gasteiger partial charge in [-0.3, -0.25) is 4.99 Å². The van der Waals surface area contributed by atoms with E-state index in [1.54, 1.807) is 7.05 Å². The molecule has 1 aromatic carbocycles. The van der Waals surface area contributed by atoms with Crippen molar-refractivity contribution in [1.82, 2.24) is 15.6 Å². The lowest BCUT2D eigenvalue weighted by Gasteiger charge is -2.17. The largest absolute Gasteiger partial charge is 0.363 e. The van der Waals surface area contributed by atoms with Gasteiger partial charge in [0.25, 0.3) is 0 Å². The van der Waals surface area contributed by atoms with E-state index in [2.05, 4.69) is 58.7 Å². The first-order valence-corrected chi connectivity index (χ1v) is 8.64. The second-order valence-electron chi connectivity index (χ2n) is 6.50. The predicted octanol–water partition coefficient (Wildman–Crippen LogP) is 2.92. The maximum absolute atomic E-state index is 4.61. The molecule has 5 heteroatoms. The van der Waals surface area contributed by atoms with E-state index >= 15 is 0 Å². The Hall–Kier alpha value is -2.56. The van der Waals surface area contributed by atoms with Gasteiger partial charge in [-0.1, -0.05) is 42.8 Å². The molecule has 1 aromatic heterocycles. The van der Waals surface area contributed by atoms with Gasteiger partial charge in [-0.25, -0.2) is 4.98 Å². The Labute approximate surface area is 151 Å². The normalized spacial score (nSPS) is 12.6. The number of guanidine groups is 1. The van der Waals surface area contributed by atoms with Crippen LogP contribution >= 0.6 is 0 Å². The molecular formula is C20H29N5. The Morgan fingerprint density at radius 3 is 2.60 bits per heavy atom. The van der Waals surface area contributed by atoms with Crippen molar-refractivity contribution in [2.24, 2.45) is 4.99 Å². The van der Waals surface area contributed by atoms with E-state index in [4.69, 9.17) is 0 Å². The lowest BCUT2D eigenvalue weighted by atomic mass is 9.99. The first-order valence-electron chi connectivity index (χ1n) is 8.64. The van der Waals surface area contributed by atoms with E-state index in [0.717, 1.165) is 24.0 Å². The average Bonchev–Trinajstić information content (AvgIpc) is 2.61. The number of aryl methyl sites for hydroxylation is 1. The maximum atomic E-state index is 4.61. The van der Waals surface area contributed by atoms with Crippen molar-refractivity contribution in [3.05, 3.63) is 59.3 Å². The molecule has 5 nitrogen and oxygen atoms in total. The van der Waals surface area contributed by atoms with Gasteiger partial charge < -0.3 is 15.5 Å². The molecule has 0 saturated carbocycles. The Morgan fingerprint density at radius 2 is 1.92 bits per heavy atom. The predicted molar refractivity (Wildman–Crippen MR) is 106 cm³/mol. The van der Waals surface area contributed by atoms with Gasteiger partial charge in [0.2, 0.25) is 0 Å². The summed E-state index contributed by atoms with van der Waals surface area (Å²) >= 11 is 0. The molecule has 0 spiro atoms. The van der Waals surface area contributed by atoms with Gasteiger partial charge in [0.05, 0.1) is 12.2 Å². The molecule has 0 aliphatic heterocycles. The zero-order valence-electron chi connectivity index (χ0n) is 15.9. The van der Waals surface area contributed by atoms with Crippen molar-refractivity contribution >= 4 is 11.8 Å². The molecule has 0 saturated heterocycles. The Kier molecular flexibility index (Phi) is 6.81. The van der Waals surface area contributed by atoms with Crippen LogP contribution in [0.3, 0.4) is 0 Å². The number of aliphatic imine (C=N–C) groups is 1. The number of rotatable bonds is 6. The van der Waals surface area contributed by atoms with Crippen molar-refractivity contribution < 1.29 is 0 Å². The second kappa shape index (κ2) is 9.06. The van der Waals surface area contributed by atoms with Crippen LogP contribution in [0.5, 0.6) is 0 Å². The molecule has 25 heavy (non-hydrogen) atoms. The van der Waals surface area contributed by atoms with Gasteiger partial charge in [-0.05, 0) is 30.5 Å². The van der Waals surface area contributed by atoms with Gasteiger partial charge in [0, 0.05) is 27.7 Å². The summed E-state index contributed by atoms with van der Waals surface area (Å²) in [5.41, 5.74) is 3.61. The molecule has 1 atom stereocenters. The van der Waals surface area contributed by atoms with Gasteiger partial charge in [0.1, 0.15) is 5.82 Å². The highest BCUT2D eigenvalue weighted by Gasteiger charge is 2.07. The molecule has 2 aromatic rings. The number of pyridine rings is 1. The zero-order valence-corrected chi connectivity index (χ0v) is 15.9.